The smallest absolute Gasteiger partial charge is 0.341 e. The third-order valence-corrected chi connectivity index (χ3v) is 7.66. The second-order valence-corrected chi connectivity index (χ2v) is 10.2. The van der Waals surface area contributed by atoms with Crippen LogP contribution in [0.5, 0.6) is 5.75 Å². The molecule has 1 N–H and O–H groups in total. The minimum atomic E-state index is -0.509. The fraction of sp³-hybridized carbons (Fsp3) is 0.231. The summed E-state index contributed by atoms with van der Waals surface area (Å²) in [5, 5.41) is 14.9. The number of methoxy groups -OCH3 is 2. The lowest BCUT2D eigenvalue weighted by Gasteiger charge is -2.11. The standard InChI is InChI=1S/C26H25ClN4O4S2/c1-5-31-23(18-12-17(27)10-11-20(18)34-3)29-30-26(31)37-14-21(32)28-24-22(25(33)35-4)19(13-36-24)16-8-6-15(2)7-9-16/h6-13H,5,14H2,1-4H3,(H,28,32). The molecule has 37 heavy (non-hydrogen) atoms. The number of aryl methyl sites for hydroxylation is 1. The molecule has 0 saturated heterocycles. The molecule has 1 amide bonds. The van der Waals surface area contributed by atoms with E-state index < -0.39 is 5.97 Å². The van der Waals surface area contributed by atoms with E-state index in [0.717, 1.165) is 11.1 Å². The lowest BCUT2D eigenvalue weighted by molar-refractivity contribution is -0.113. The molecule has 192 valence electrons. The lowest BCUT2D eigenvalue weighted by atomic mass is 10.0. The minimum absolute atomic E-state index is 0.0726. The van der Waals surface area contributed by atoms with Crippen LogP contribution in [0.25, 0.3) is 22.5 Å². The van der Waals surface area contributed by atoms with Gasteiger partial charge in [-0.25, -0.2) is 4.79 Å². The molecule has 0 aliphatic carbocycles. The Morgan fingerprint density at radius 1 is 1.11 bits per heavy atom. The normalized spacial score (nSPS) is 10.8. The van der Waals surface area contributed by atoms with Gasteiger partial charge >= 0.3 is 5.97 Å². The molecule has 0 radical (unpaired) electrons. The van der Waals surface area contributed by atoms with Gasteiger partial charge in [-0.3, -0.25) is 4.79 Å². The molecule has 8 nitrogen and oxygen atoms in total. The number of amides is 1. The molecular formula is C26H25ClN4O4S2. The van der Waals surface area contributed by atoms with Crippen molar-refractivity contribution in [2.45, 2.75) is 25.5 Å². The first-order valence-electron chi connectivity index (χ1n) is 11.3. The summed E-state index contributed by atoms with van der Waals surface area (Å²) in [5.41, 5.74) is 3.75. The Balaban J connectivity index is 1.53. The Hall–Kier alpha value is -3.34. The van der Waals surface area contributed by atoms with Crippen LogP contribution < -0.4 is 10.1 Å². The van der Waals surface area contributed by atoms with Gasteiger partial charge in [-0.1, -0.05) is 53.2 Å². The van der Waals surface area contributed by atoms with Crippen LogP contribution in [0.3, 0.4) is 0 Å². The number of anilines is 1. The van der Waals surface area contributed by atoms with Crippen LogP contribution in [0.15, 0.2) is 53.0 Å². The number of rotatable bonds is 9. The molecule has 0 aliphatic rings. The highest BCUT2D eigenvalue weighted by Crippen LogP contribution is 2.37. The van der Waals surface area contributed by atoms with E-state index >= 15 is 0 Å². The van der Waals surface area contributed by atoms with E-state index in [9.17, 15) is 9.59 Å². The Labute approximate surface area is 228 Å². The van der Waals surface area contributed by atoms with Gasteiger partial charge in [-0.15, -0.1) is 21.5 Å². The Kier molecular flexibility index (Phi) is 8.52. The third-order valence-electron chi connectivity index (χ3n) is 5.56. The van der Waals surface area contributed by atoms with Crippen LogP contribution in [-0.2, 0) is 16.1 Å². The van der Waals surface area contributed by atoms with E-state index in [1.54, 1.807) is 25.3 Å². The van der Waals surface area contributed by atoms with Crippen LogP contribution in [0.1, 0.15) is 22.8 Å². The van der Waals surface area contributed by atoms with Crippen molar-refractivity contribution in [2.24, 2.45) is 0 Å². The molecule has 4 aromatic rings. The lowest BCUT2D eigenvalue weighted by Crippen LogP contribution is -2.16. The topological polar surface area (TPSA) is 95.3 Å². The van der Waals surface area contributed by atoms with E-state index in [-0.39, 0.29) is 11.7 Å². The zero-order valence-electron chi connectivity index (χ0n) is 20.7. The number of nitrogens with zero attached hydrogens (tertiary/aromatic N) is 3. The average molecular weight is 557 g/mol. The van der Waals surface area contributed by atoms with E-state index in [0.29, 0.717) is 50.0 Å². The molecule has 2 aromatic heterocycles. The Morgan fingerprint density at radius 2 is 1.86 bits per heavy atom. The SMILES string of the molecule is CCn1c(SCC(=O)Nc2scc(-c3ccc(C)cc3)c2C(=O)OC)nnc1-c1cc(Cl)ccc1OC. The Morgan fingerprint density at radius 3 is 2.54 bits per heavy atom. The summed E-state index contributed by atoms with van der Waals surface area (Å²) >= 11 is 8.73. The summed E-state index contributed by atoms with van der Waals surface area (Å²) in [6.07, 6.45) is 0. The molecule has 0 unspecified atom stereocenters. The summed E-state index contributed by atoms with van der Waals surface area (Å²) < 4.78 is 12.4. The number of thiophene rings is 1. The van der Waals surface area contributed by atoms with Crippen molar-refractivity contribution in [3.05, 3.63) is 64.0 Å². The maximum Gasteiger partial charge on any atom is 0.341 e. The number of nitrogens with one attached hydrogen (secondary N) is 1. The van der Waals surface area contributed by atoms with Crippen molar-refractivity contribution in [1.82, 2.24) is 14.8 Å². The molecule has 0 fully saturated rings. The molecular weight excluding hydrogens is 532 g/mol. The van der Waals surface area contributed by atoms with E-state index in [2.05, 4.69) is 15.5 Å². The minimum Gasteiger partial charge on any atom is -0.496 e. The van der Waals surface area contributed by atoms with Gasteiger partial charge in [-0.2, -0.15) is 0 Å². The maximum absolute atomic E-state index is 12.9. The highest BCUT2D eigenvalue weighted by atomic mass is 35.5. The van der Waals surface area contributed by atoms with Gasteiger partial charge in [0.15, 0.2) is 11.0 Å². The molecule has 0 atom stereocenters. The number of carbonyl (C=O) groups excluding carboxylic acids is 2. The van der Waals surface area contributed by atoms with Crippen LogP contribution in [0, 0.1) is 6.92 Å². The number of hydrogen-bond donors (Lipinski definition) is 1. The van der Waals surface area contributed by atoms with Gasteiger partial charge in [0.2, 0.25) is 5.91 Å². The monoisotopic (exact) mass is 556 g/mol. The first-order valence-corrected chi connectivity index (χ1v) is 13.6. The summed E-state index contributed by atoms with van der Waals surface area (Å²) in [6.45, 7) is 4.55. The quantitative estimate of drug-likeness (QED) is 0.194. The molecule has 11 heteroatoms. The van der Waals surface area contributed by atoms with Crippen LogP contribution in [-0.4, -0.2) is 46.6 Å². The number of halogens is 1. The number of thioether (sulfide) groups is 1. The maximum atomic E-state index is 12.9. The van der Waals surface area contributed by atoms with Gasteiger partial charge in [0.05, 0.1) is 25.5 Å². The highest BCUT2D eigenvalue weighted by Gasteiger charge is 2.23. The zero-order chi connectivity index (χ0) is 26.5. The first-order chi connectivity index (χ1) is 17.9. The van der Waals surface area contributed by atoms with Crippen molar-refractivity contribution in [3.63, 3.8) is 0 Å². The van der Waals surface area contributed by atoms with E-state index in [4.69, 9.17) is 21.1 Å². The number of benzene rings is 2. The van der Waals surface area contributed by atoms with Gasteiger partial charge < -0.3 is 19.4 Å². The molecule has 0 bridgehead atoms. The van der Waals surface area contributed by atoms with Crippen molar-refractivity contribution in [3.8, 4) is 28.3 Å². The van der Waals surface area contributed by atoms with Crippen molar-refractivity contribution >= 4 is 51.6 Å². The largest absolute Gasteiger partial charge is 0.496 e. The average Bonchev–Trinajstić information content (AvgIpc) is 3.51. The summed E-state index contributed by atoms with van der Waals surface area (Å²) in [6, 6.07) is 13.1. The number of ether oxygens (including phenoxy) is 2. The third kappa shape index (κ3) is 5.82. The molecule has 0 aliphatic heterocycles. The first kappa shape index (κ1) is 26.7. The van der Waals surface area contributed by atoms with Gasteiger partial charge in [0.25, 0.3) is 0 Å². The number of carbonyl (C=O) groups is 2. The van der Waals surface area contributed by atoms with Crippen molar-refractivity contribution < 1.29 is 19.1 Å². The summed E-state index contributed by atoms with van der Waals surface area (Å²) in [5.74, 6) is 0.506. The molecule has 2 aromatic carbocycles. The molecule has 0 saturated carbocycles. The fourth-order valence-corrected chi connectivity index (χ4v) is 5.68. The second kappa shape index (κ2) is 11.8. The zero-order valence-corrected chi connectivity index (χ0v) is 23.1. The van der Waals surface area contributed by atoms with E-state index in [1.165, 1.54) is 30.2 Å². The van der Waals surface area contributed by atoms with E-state index in [1.807, 2.05) is 48.1 Å². The molecule has 2 heterocycles. The van der Waals surface area contributed by atoms with Gasteiger partial charge in [-0.05, 0) is 37.6 Å². The number of hydrogen-bond acceptors (Lipinski definition) is 8. The second-order valence-electron chi connectivity index (χ2n) is 7.94. The van der Waals surface area contributed by atoms with Crippen LogP contribution >= 0.6 is 34.7 Å². The summed E-state index contributed by atoms with van der Waals surface area (Å²) in [4.78, 5) is 25.5. The predicted octanol–water partition coefficient (Wildman–Crippen LogP) is 6.18. The molecule has 4 rings (SSSR count). The number of esters is 1. The number of aromatic nitrogens is 3. The fourth-order valence-electron chi connectivity index (χ4n) is 3.73. The Bertz CT molecular complexity index is 1430. The van der Waals surface area contributed by atoms with Crippen molar-refractivity contribution in [2.75, 3.05) is 25.3 Å². The molecule has 0 spiro atoms. The van der Waals surface area contributed by atoms with Crippen molar-refractivity contribution in [1.29, 1.82) is 0 Å². The predicted molar refractivity (Wildman–Crippen MR) is 148 cm³/mol. The highest BCUT2D eigenvalue weighted by molar-refractivity contribution is 7.99. The van der Waals surface area contributed by atoms with Gasteiger partial charge in [0, 0.05) is 22.5 Å². The van der Waals surface area contributed by atoms with Gasteiger partial charge in [0.1, 0.15) is 16.3 Å². The van der Waals surface area contributed by atoms with Crippen LogP contribution in [0.2, 0.25) is 5.02 Å². The summed E-state index contributed by atoms with van der Waals surface area (Å²) in [7, 11) is 2.90. The van der Waals surface area contributed by atoms with Crippen LogP contribution in [0.4, 0.5) is 5.00 Å².